The van der Waals surface area contributed by atoms with E-state index in [2.05, 4.69) is 20.6 Å². The van der Waals surface area contributed by atoms with Crippen LogP contribution in [-0.2, 0) is 9.53 Å². The van der Waals surface area contributed by atoms with Crippen molar-refractivity contribution in [3.63, 3.8) is 0 Å². The molecule has 1 heterocycles. The van der Waals surface area contributed by atoms with E-state index >= 15 is 0 Å². The quantitative estimate of drug-likeness (QED) is 0.206. The van der Waals surface area contributed by atoms with Gasteiger partial charge >= 0.3 is 5.97 Å². The van der Waals surface area contributed by atoms with Crippen LogP contribution in [0.25, 0.3) is 0 Å². The van der Waals surface area contributed by atoms with Gasteiger partial charge in [-0.1, -0.05) is 24.3 Å². The summed E-state index contributed by atoms with van der Waals surface area (Å²) in [7, 11) is 1.32. The van der Waals surface area contributed by atoms with Crippen molar-refractivity contribution in [2.24, 2.45) is 5.10 Å². The zero-order chi connectivity index (χ0) is 26.1. The Hall–Kier alpha value is -4.26. The number of unbranched alkanes of at least 4 members (excludes halogenated alkanes) is 1. The van der Waals surface area contributed by atoms with Crippen LogP contribution in [0.15, 0.2) is 64.6 Å². The lowest BCUT2D eigenvalue weighted by molar-refractivity contribution is -0.394. The number of hydrogen-bond donors (Lipinski definition) is 2. The Morgan fingerprint density at radius 3 is 2.42 bits per heavy atom. The second-order valence-corrected chi connectivity index (χ2v) is 8.66. The van der Waals surface area contributed by atoms with Gasteiger partial charge in [0.15, 0.2) is 0 Å². The summed E-state index contributed by atoms with van der Waals surface area (Å²) in [4.78, 5) is 45.8. The van der Waals surface area contributed by atoms with Crippen LogP contribution in [0.2, 0.25) is 0 Å². The van der Waals surface area contributed by atoms with E-state index in [1.54, 1.807) is 30.3 Å². The van der Waals surface area contributed by atoms with E-state index < -0.39 is 27.3 Å². The molecular formula is C23H23N5O7S. The molecule has 188 valence electrons. The Morgan fingerprint density at radius 1 is 1.14 bits per heavy atom. The second-order valence-electron chi connectivity index (χ2n) is 7.60. The molecule has 1 aliphatic rings. The number of nitro benzene ring substituents is 2. The largest absolute Gasteiger partial charge is 0.469 e. The van der Waals surface area contributed by atoms with Gasteiger partial charge in [0.25, 0.3) is 17.3 Å². The van der Waals surface area contributed by atoms with Gasteiger partial charge in [-0.05, 0) is 25.0 Å². The van der Waals surface area contributed by atoms with Crippen molar-refractivity contribution >= 4 is 46.4 Å². The molecule has 0 spiro atoms. The number of carbonyl (C=O) groups excluding carboxylic acids is 2. The van der Waals surface area contributed by atoms with Gasteiger partial charge in [-0.25, -0.2) is 0 Å². The van der Waals surface area contributed by atoms with Crippen molar-refractivity contribution in [3.05, 3.63) is 85.3 Å². The Kier molecular flexibility index (Phi) is 9.11. The fourth-order valence-corrected chi connectivity index (χ4v) is 4.47. The highest BCUT2D eigenvalue weighted by atomic mass is 32.2. The SMILES string of the molecule is COC(=O)CCC/C=C1/SCC(NC(=O)c2ccccc2)/C1=N/Nc1cc([N+](=O)[O-])cc([N+](=O)[O-])c1. The first-order chi connectivity index (χ1) is 17.3. The number of amides is 1. The maximum Gasteiger partial charge on any atom is 0.305 e. The highest BCUT2D eigenvalue weighted by Gasteiger charge is 2.30. The molecule has 0 saturated carbocycles. The number of nitro groups is 2. The lowest BCUT2D eigenvalue weighted by Gasteiger charge is -2.14. The average Bonchev–Trinajstić information content (AvgIpc) is 3.26. The molecule has 0 bridgehead atoms. The number of ether oxygens (including phenoxy) is 1. The minimum atomic E-state index is -0.730. The smallest absolute Gasteiger partial charge is 0.305 e. The lowest BCUT2D eigenvalue weighted by atomic mass is 10.1. The number of non-ortho nitro benzene ring substituents is 2. The fourth-order valence-electron chi connectivity index (χ4n) is 3.31. The normalized spacial score (nSPS) is 17.1. The Balaban J connectivity index is 1.85. The third-order valence-electron chi connectivity index (χ3n) is 5.10. The molecule has 2 N–H and O–H groups in total. The van der Waals surface area contributed by atoms with Crippen LogP contribution in [0.5, 0.6) is 0 Å². The van der Waals surface area contributed by atoms with E-state index in [0.29, 0.717) is 29.9 Å². The number of benzene rings is 2. The highest BCUT2D eigenvalue weighted by Crippen LogP contribution is 2.31. The number of hydrogen-bond acceptors (Lipinski definition) is 10. The number of allylic oxidation sites excluding steroid dienone is 1. The minimum absolute atomic E-state index is 0.0541. The number of methoxy groups -OCH3 is 1. The second kappa shape index (κ2) is 12.4. The maximum absolute atomic E-state index is 12.7. The Morgan fingerprint density at radius 2 is 1.81 bits per heavy atom. The molecular weight excluding hydrogens is 490 g/mol. The molecule has 1 atom stereocenters. The van der Waals surface area contributed by atoms with Crippen LogP contribution in [0.4, 0.5) is 17.1 Å². The molecule has 1 amide bonds. The third-order valence-corrected chi connectivity index (χ3v) is 6.29. The lowest BCUT2D eigenvalue weighted by Crippen LogP contribution is -2.40. The van der Waals surface area contributed by atoms with Gasteiger partial charge in [0.05, 0.1) is 40.5 Å². The predicted molar refractivity (Wildman–Crippen MR) is 135 cm³/mol. The van der Waals surface area contributed by atoms with Crippen molar-refractivity contribution in [1.29, 1.82) is 0 Å². The standard InChI is InChI=1S/C23H23N5O7S/c1-35-21(29)10-6-5-9-20-22(19(14-36-20)24-23(30)15-7-3-2-4-8-15)26-25-16-11-17(27(31)32)13-18(12-16)28(33)34/h2-4,7-9,11-13,19,25H,5-6,10,14H2,1H3,(H,24,30)/b20-9+,26-22-. The van der Waals surface area contributed by atoms with Crippen molar-refractivity contribution in [2.75, 3.05) is 18.3 Å². The Labute approximate surface area is 210 Å². The average molecular weight is 514 g/mol. The summed E-state index contributed by atoms with van der Waals surface area (Å²) in [6, 6.07) is 11.3. The summed E-state index contributed by atoms with van der Waals surface area (Å²) in [5.41, 5.74) is 2.75. The molecule has 0 radical (unpaired) electrons. The monoisotopic (exact) mass is 513 g/mol. The molecule has 2 aromatic rings. The summed E-state index contributed by atoms with van der Waals surface area (Å²) in [5, 5.41) is 29.7. The number of hydrazone groups is 1. The van der Waals surface area contributed by atoms with E-state index in [1.165, 1.54) is 18.9 Å². The minimum Gasteiger partial charge on any atom is -0.469 e. The first-order valence-electron chi connectivity index (χ1n) is 10.8. The van der Waals surface area contributed by atoms with Crippen LogP contribution >= 0.6 is 11.8 Å². The molecule has 36 heavy (non-hydrogen) atoms. The number of esters is 1. The summed E-state index contributed by atoms with van der Waals surface area (Å²) in [6.07, 6.45) is 3.24. The molecule has 3 rings (SSSR count). The molecule has 1 aliphatic heterocycles. The maximum atomic E-state index is 12.7. The molecule has 1 saturated heterocycles. The molecule has 2 aromatic carbocycles. The highest BCUT2D eigenvalue weighted by molar-refractivity contribution is 8.04. The van der Waals surface area contributed by atoms with Crippen LogP contribution in [0, 0.1) is 20.2 Å². The number of thioether (sulfide) groups is 1. The third kappa shape index (κ3) is 7.12. The number of nitrogens with one attached hydrogen (secondary N) is 2. The van der Waals surface area contributed by atoms with Crippen LogP contribution in [0.1, 0.15) is 29.6 Å². The summed E-state index contributed by atoms with van der Waals surface area (Å²) < 4.78 is 4.64. The fraction of sp³-hybridized carbons (Fsp3) is 0.261. The van der Waals surface area contributed by atoms with Gasteiger partial charge in [0.2, 0.25) is 0 Å². The Bertz CT molecular complexity index is 1180. The summed E-state index contributed by atoms with van der Waals surface area (Å²) in [5.74, 6) is -0.132. The topological polar surface area (TPSA) is 166 Å². The van der Waals surface area contributed by atoms with Gasteiger partial charge in [-0.3, -0.25) is 35.2 Å². The first kappa shape index (κ1) is 26.3. The van der Waals surface area contributed by atoms with Crippen molar-refractivity contribution in [3.8, 4) is 0 Å². The molecule has 1 unspecified atom stereocenters. The zero-order valence-electron chi connectivity index (χ0n) is 19.2. The van der Waals surface area contributed by atoms with E-state index in [1.807, 2.05) is 6.08 Å². The van der Waals surface area contributed by atoms with Gasteiger partial charge in [0, 0.05) is 34.8 Å². The molecule has 13 heteroatoms. The van der Waals surface area contributed by atoms with Crippen molar-refractivity contribution in [2.45, 2.75) is 25.3 Å². The number of nitrogens with zero attached hydrogens (tertiary/aromatic N) is 3. The molecule has 1 fully saturated rings. The number of rotatable bonds is 10. The van der Waals surface area contributed by atoms with E-state index in [0.717, 1.165) is 23.1 Å². The molecule has 12 nitrogen and oxygen atoms in total. The number of carbonyl (C=O) groups is 2. The summed E-state index contributed by atoms with van der Waals surface area (Å²) in [6.45, 7) is 0. The predicted octanol–water partition coefficient (Wildman–Crippen LogP) is 4.04. The van der Waals surface area contributed by atoms with Gasteiger partial charge in [0.1, 0.15) is 0 Å². The van der Waals surface area contributed by atoms with E-state index in [4.69, 9.17) is 0 Å². The van der Waals surface area contributed by atoms with Gasteiger partial charge in [-0.15, -0.1) is 11.8 Å². The number of anilines is 1. The van der Waals surface area contributed by atoms with Crippen LogP contribution in [-0.4, -0.2) is 46.3 Å². The van der Waals surface area contributed by atoms with Crippen LogP contribution < -0.4 is 10.7 Å². The van der Waals surface area contributed by atoms with E-state index in [9.17, 15) is 29.8 Å². The first-order valence-corrected chi connectivity index (χ1v) is 11.8. The molecule has 0 aromatic heterocycles. The van der Waals surface area contributed by atoms with Gasteiger partial charge in [-0.2, -0.15) is 5.10 Å². The van der Waals surface area contributed by atoms with E-state index in [-0.39, 0.29) is 24.0 Å². The zero-order valence-corrected chi connectivity index (χ0v) is 20.0. The van der Waals surface area contributed by atoms with Gasteiger partial charge < -0.3 is 10.1 Å². The molecule has 0 aliphatic carbocycles. The van der Waals surface area contributed by atoms with Crippen LogP contribution in [0.3, 0.4) is 0 Å². The summed E-state index contributed by atoms with van der Waals surface area (Å²) >= 11 is 1.45. The van der Waals surface area contributed by atoms with Crippen molar-refractivity contribution in [1.82, 2.24) is 5.32 Å². The van der Waals surface area contributed by atoms with Crippen molar-refractivity contribution < 1.29 is 24.2 Å².